The predicted octanol–water partition coefficient (Wildman–Crippen LogP) is 4.08. The van der Waals surface area contributed by atoms with E-state index < -0.39 is 0 Å². The zero-order valence-corrected chi connectivity index (χ0v) is 10.9. The highest BCUT2D eigenvalue weighted by molar-refractivity contribution is 14.1. The van der Waals surface area contributed by atoms with E-state index in [1.54, 1.807) is 12.5 Å². The number of aromatic amines is 1. The van der Waals surface area contributed by atoms with E-state index in [4.69, 9.17) is 16.0 Å². The molecule has 0 spiro atoms. The molecule has 0 aliphatic heterocycles. The summed E-state index contributed by atoms with van der Waals surface area (Å²) in [6.07, 6.45) is 3.37. The van der Waals surface area contributed by atoms with E-state index in [9.17, 15) is 0 Å². The molecule has 0 bridgehead atoms. The van der Waals surface area contributed by atoms with Crippen molar-refractivity contribution in [3.05, 3.63) is 39.3 Å². The van der Waals surface area contributed by atoms with Crippen LogP contribution in [0.1, 0.15) is 0 Å². The predicted molar refractivity (Wildman–Crippen MR) is 71.5 cm³/mol. The Morgan fingerprint density at radius 3 is 2.94 bits per heavy atom. The van der Waals surface area contributed by atoms with Crippen LogP contribution in [0.3, 0.4) is 0 Å². The summed E-state index contributed by atoms with van der Waals surface area (Å²) in [5.74, 6) is 0.801. The Morgan fingerprint density at radius 1 is 1.31 bits per heavy atom. The molecule has 3 aromatic rings. The number of H-pyrrole nitrogens is 1. The lowest BCUT2D eigenvalue weighted by atomic mass is 10.3. The SMILES string of the molecule is Clc1ccc2nc(-c3cocc3I)[nH]c2c1. The van der Waals surface area contributed by atoms with E-state index in [1.807, 2.05) is 18.2 Å². The van der Waals surface area contributed by atoms with Gasteiger partial charge < -0.3 is 9.40 Å². The minimum Gasteiger partial charge on any atom is -0.471 e. The Morgan fingerprint density at radius 2 is 2.19 bits per heavy atom. The lowest BCUT2D eigenvalue weighted by molar-refractivity contribution is 0.566. The summed E-state index contributed by atoms with van der Waals surface area (Å²) in [7, 11) is 0. The highest BCUT2D eigenvalue weighted by atomic mass is 127. The minimum absolute atomic E-state index is 0.699. The van der Waals surface area contributed by atoms with Gasteiger partial charge in [0, 0.05) is 5.02 Å². The van der Waals surface area contributed by atoms with Crippen molar-refractivity contribution in [1.82, 2.24) is 9.97 Å². The van der Waals surface area contributed by atoms with Crippen molar-refractivity contribution >= 4 is 45.2 Å². The summed E-state index contributed by atoms with van der Waals surface area (Å²) in [6.45, 7) is 0. The Labute approximate surface area is 110 Å². The van der Waals surface area contributed by atoms with Gasteiger partial charge in [0.05, 0.1) is 20.2 Å². The quantitative estimate of drug-likeness (QED) is 0.676. The van der Waals surface area contributed by atoms with Crippen LogP contribution in [-0.2, 0) is 0 Å². The first kappa shape index (κ1) is 10.2. The van der Waals surface area contributed by atoms with Gasteiger partial charge >= 0.3 is 0 Å². The van der Waals surface area contributed by atoms with Gasteiger partial charge in [-0.2, -0.15) is 0 Å². The van der Waals surface area contributed by atoms with Gasteiger partial charge in [-0.1, -0.05) is 11.6 Å². The standard InChI is InChI=1S/C11H6ClIN2O/c12-6-1-2-9-10(3-6)15-11(14-9)7-4-16-5-8(7)13/h1-5H,(H,14,15). The molecule has 0 unspecified atom stereocenters. The van der Waals surface area contributed by atoms with Crippen LogP contribution in [0.15, 0.2) is 35.1 Å². The van der Waals surface area contributed by atoms with Crippen molar-refractivity contribution < 1.29 is 4.42 Å². The summed E-state index contributed by atoms with van der Waals surface area (Å²) in [6, 6.07) is 5.58. The van der Waals surface area contributed by atoms with Gasteiger partial charge in [0.1, 0.15) is 18.4 Å². The Kier molecular flexibility index (Phi) is 2.40. The summed E-state index contributed by atoms with van der Waals surface area (Å²) in [5.41, 5.74) is 2.80. The maximum atomic E-state index is 5.92. The second-order valence-corrected chi connectivity index (χ2v) is 4.98. The third kappa shape index (κ3) is 1.62. The van der Waals surface area contributed by atoms with Crippen LogP contribution in [0.5, 0.6) is 0 Å². The first-order chi connectivity index (χ1) is 7.74. The average Bonchev–Trinajstić information content (AvgIpc) is 2.82. The second kappa shape index (κ2) is 3.78. The number of hydrogen-bond acceptors (Lipinski definition) is 2. The molecule has 0 aliphatic rings. The number of imidazole rings is 1. The maximum absolute atomic E-state index is 5.92. The maximum Gasteiger partial charge on any atom is 0.142 e. The summed E-state index contributed by atoms with van der Waals surface area (Å²) in [4.78, 5) is 7.70. The van der Waals surface area contributed by atoms with Crippen LogP contribution in [-0.4, -0.2) is 9.97 Å². The molecule has 0 fully saturated rings. The zero-order chi connectivity index (χ0) is 11.1. The second-order valence-electron chi connectivity index (χ2n) is 3.38. The van der Waals surface area contributed by atoms with Crippen LogP contribution in [0.4, 0.5) is 0 Å². The molecule has 2 aromatic heterocycles. The fraction of sp³-hybridized carbons (Fsp3) is 0. The van der Waals surface area contributed by atoms with Crippen LogP contribution in [0.2, 0.25) is 5.02 Å². The number of benzene rings is 1. The summed E-state index contributed by atoms with van der Waals surface area (Å²) >= 11 is 8.13. The number of nitrogens with one attached hydrogen (secondary N) is 1. The van der Waals surface area contributed by atoms with E-state index >= 15 is 0 Å². The van der Waals surface area contributed by atoms with Crippen molar-refractivity contribution in [1.29, 1.82) is 0 Å². The summed E-state index contributed by atoms with van der Waals surface area (Å²) < 4.78 is 6.16. The van der Waals surface area contributed by atoms with Crippen molar-refractivity contribution in [2.24, 2.45) is 0 Å². The molecule has 0 radical (unpaired) electrons. The van der Waals surface area contributed by atoms with Gasteiger partial charge in [0.15, 0.2) is 0 Å². The number of furan rings is 1. The van der Waals surface area contributed by atoms with Crippen molar-refractivity contribution in [3.8, 4) is 11.4 Å². The van der Waals surface area contributed by atoms with Crippen molar-refractivity contribution in [3.63, 3.8) is 0 Å². The molecule has 0 saturated heterocycles. The molecule has 1 N–H and O–H groups in total. The van der Waals surface area contributed by atoms with Crippen molar-refractivity contribution in [2.75, 3.05) is 0 Å². The first-order valence-corrected chi connectivity index (χ1v) is 6.07. The van der Waals surface area contributed by atoms with Crippen LogP contribution in [0, 0.1) is 3.57 Å². The minimum atomic E-state index is 0.699. The van der Waals surface area contributed by atoms with E-state index in [1.165, 1.54) is 0 Å². The molecule has 0 aliphatic carbocycles. The van der Waals surface area contributed by atoms with Gasteiger partial charge in [-0.05, 0) is 40.8 Å². The van der Waals surface area contributed by atoms with E-state index in [2.05, 4.69) is 32.6 Å². The van der Waals surface area contributed by atoms with Gasteiger partial charge in [-0.3, -0.25) is 0 Å². The molecule has 0 saturated carbocycles. The third-order valence-electron chi connectivity index (χ3n) is 2.31. The first-order valence-electron chi connectivity index (χ1n) is 4.61. The van der Waals surface area contributed by atoms with E-state index in [0.717, 1.165) is 26.0 Å². The summed E-state index contributed by atoms with van der Waals surface area (Å²) in [5, 5.41) is 0.699. The molecule has 0 atom stereocenters. The normalized spacial score (nSPS) is 11.1. The fourth-order valence-electron chi connectivity index (χ4n) is 1.56. The molecule has 0 amide bonds. The highest BCUT2D eigenvalue weighted by Gasteiger charge is 2.10. The van der Waals surface area contributed by atoms with Crippen LogP contribution < -0.4 is 0 Å². The fourth-order valence-corrected chi connectivity index (χ4v) is 2.26. The smallest absolute Gasteiger partial charge is 0.142 e. The third-order valence-corrected chi connectivity index (χ3v) is 3.38. The van der Waals surface area contributed by atoms with E-state index in [0.29, 0.717) is 5.02 Å². The molecule has 5 heteroatoms. The van der Waals surface area contributed by atoms with Gasteiger partial charge in [0.25, 0.3) is 0 Å². The zero-order valence-electron chi connectivity index (χ0n) is 8.00. The Hall–Kier alpha value is -1.01. The number of nitrogens with zero attached hydrogens (tertiary/aromatic N) is 1. The van der Waals surface area contributed by atoms with Crippen molar-refractivity contribution in [2.45, 2.75) is 0 Å². The Bertz CT molecular complexity index is 659. The number of fused-ring (bicyclic) bond motifs is 1. The van der Waals surface area contributed by atoms with Gasteiger partial charge in [0.2, 0.25) is 0 Å². The van der Waals surface area contributed by atoms with Crippen LogP contribution in [0.25, 0.3) is 22.4 Å². The molecule has 80 valence electrons. The lowest BCUT2D eigenvalue weighted by Crippen LogP contribution is -1.78. The number of aromatic nitrogens is 2. The van der Waals surface area contributed by atoms with E-state index in [-0.39, 0.29) is 0 Å². The number of rotatable bonds is 1. The monoisotopic (exact) mass is 344 g/mol. The molecule has 1 aromatic carbocycles. The lowest BCUT2D eigenvalue weighted by Gasteiger charge is -1.89. The van der Waals surface area contributed by atoms with Gasteiger partial charge in [-0.15, -0.1) is 0 Å². The van der Waals surface area contributed by atoms with Gasteiger partial charge in [-0.25, -0.2) is 4.98 Å². The Balaban J connectivity index is 2.23. The number of halogens is 2. The number of hydrogen-bond donors (Lipinski definition) is 1. The molecule has 3 nitrogen and oxygen atoms in total. The molecular weight excluding hydrogens is 338 g/mol. The topological polar surface area (TPSA) is 41.8 Å². The molecule has 2 heterocycles. The molecule has 3 rings (SSSR count). The average molecular weight is 345 g/mol. The molecular formula is C11H6ClIN2O. The molecule has 16 heavy (non-hydrogen) atoms. The highest BCUT2D eigenvalue weighted by Crippen LogP contribution is 2.26. The van der Waals surface area contributed by atoms with Crippen LogP contribution >= 0.6 is 34.2 Å². The largest absolute Gasteiger partial charge is 0.471 e.